The third kappa shape index (κ3) is 3.01. The van der Waals surface area contributed by atoms with Crippen molar-refractivity contribution in [3.05, 3.63) is 24.3 Å². The molecule has 1 aliphatic heterocycles. The van der Waals surface area contributed by atoms with Gasteiger partial charge < -0.3 is 15.5 Å². The van der Waals surface area contributed by atoms with Crippen LogP contribution >= 0.6 is 0 Å². The Kier molecular flexibility index (Phi) is 4.20. The van der Waals surface area contributed by atoms with Gasteiger partial charge in [0.15, 0.2) is 0 Å². The summed E-state index contributed by atoms with van der Waals surface area (Å²) in [7, 11) is 3.95. The Hall–Kier alpha value is -1.55. The molecule has 1 saturated heterocycles. The summed E-state index contributed by atoms with van der Waals surface area (Å²) in [6.07, 6.45) is 3.22. The predicted octanol–water partition coefficient (Wildman–Crippen LogP) is 1.83. The van der Waals surface area contributed by atoms with E-state index in [9.17, 15) is 4.79 Å². The van der Waals surface area contributed by atoms with Crippen LogP contribution < -0.4 is 15.5 Å². The summed E-state index contributed by atoms with van der Waals surface area (Å²) in [5, 5.41) is 6.28. The molecule has 2 rings (SSSR count). The molecule has 1 aromatic rings. The highest BCUT2D eigenvalue weighted by Gasteiger charge is 2.21. The molecule has 1 fully saturated rings. The number of piperidine rings is 1. The molecule has 1 amide bonds. The lowest BCUT2D eigenvalue weighted by Crippen LogP contribution is -2.43. The average Bonchev–Trinajstić information content (AvgIpc) is 2.40. The molecule has 0 bridgehead atoms. The molecule has 18 heavy (non-hydrogen) atoms. The Morgan fingerprint density at radius 2 is 2.11 bits per heavy atom. The van der Waals surface area contributed by atoms with E-state index in [2.05, 4.69) is 10.6 Å². The van der Waals surface area contributed by atoms with Crippen LogP contribution in [-0.2, 0) is 4.79 Å². The Morgan fingerprint density at radius 3 is 2.78 bits per heavy atom. The van der Waals surface area contributed by atoms with Gasteiger partial charge in [0.05, 0.1) is 17.4 Å². The van der Waals surface area contributed by atoms with E-state index >= 15 is 0 Å². The van der Waals surface area contributed by atoms with Crippen molar-refractivity contribution in [2.75, 3.05) is 30.9 Å². The molecule has 0 unspecified atom stereocenters. The molecule has 4 heteroatoms. The number of anilines is 2. The lowest BCUT2D eigenvalue weighted by atomic mass is 10.0. The molecule has 1 heterocycles. The maximum Gasteiger partial charge on any atom is 0.241 e. The summed E-state index contributed by atoms with van der Waals surface area (Å²) in [5.74, 6) is 0.0731. The van der Waals surface area contributed by atoms with Crippen molar-refractivity contribution in [3.63, 3.8) is 0 Å². The molecule has 2 N–H and O–H groups in total. The normalized spacial score (nSPS) is 19.3. The number of amides is 1. The third-order valence-corrected chi connectivity index (χ3v) is 3.27. The highest BCUT2D eigenvalue weighted by Crippen LogP contribution is 2.24. The van der Waals surface area contributed by atoms with Crippen LogP contribution in [0.4, 0.5) is 11.4 Å². The number of hydrogen-bond acceptors (Lipinski definition) is 3. The first-order valence-corrected chi connectivity index (χ1v) is 6.49. The quantitative estimate of drug-likeness (QED) is 0.856. The fraction of sp³-hybridized carbons (Fsp3) is 0.500. The van der Waals surface area contributed by atoms with Gasteiger partial charge in [0.1, 0.15) is 0 Å². The van der Waals surface area contributed by atoms with E-state index in [1.807, 2.05) is 43.3 Å². The lowest BCUT2D eigenvalue weighted by Gasteiger charge is -2.24. The van der Waals surface area contributed by atoms with Crippen LogP contribution in [0.3, 0.4) is 0 Å². The second kappa shape index (κ2) is 5.87. The molecule has 1 aliphatic rings. The molecular formula is C14H21N3O. The lowest BCUT2D eigenvalue weighted by molar-refractivity contribution is -0.118. The van der Waals surface area contributed by atoms with E-state index in [0.717, 1.165) is 37.2 Å². The highest BCUT2D eigenvalue weighted by atomic mass is 16.2. The standard InChI is InChI=1S/C14H21N3O/c1-17(2)13-9-4-3-7-11(13)16-14(18)12-8-5-6-10-15-12/h3-4,7,9,12,15H,5-6,8,10H2,1-2H3,(H,16,18)/t12-/m0/s1. The Balaban J connectivity index is 2.06. The van der Waals surface area contributed by atoms with E-state index in [4.69, 9.17) is 0 Å². The minimum Gasteiger partial charge on any atom is -0.376 e. The first-order valence-electron chi connectivity index (χ1n) is 6.49. The summed E-state index contributed by atoms with van der Waals surface area (Å²) in [6.45, 7) is 0.938. The average molecular weight is 247 g/mol. The topological polar surface area (TPSA) is 44.4 Å². The number of hydrogen-bond donors (Lipinski definition) is 2. The van der Waals surface area contributed by atoms with E-state index in [0.29, 0.717) is 0 Å². The minimum atomic E-state index is -0.0473. The molecule has 0 aromatic heterocycles. The second-order valence-corrected chi connectivity index (χ2v) is 4.90. The molecule has 1 atom stereocenters. The summed E-state index contributed by atoms with van der Waals surface area (Å²) < 4.78 is 0. The van der Waals surface area contributed by atoms with Crippen LogP contribution in [-0.4, -0.2) is 32.6 Å². The van der Waals surface area contributed by atoms with Crippen LogP contribution in [0.2, 0.25) is 0 Å². The van der Waals surface area contributed by atoms with E-state index < -0.39 is 0 Å². The largest absolute Gasteiger partial charge is 0.376 e. The second-order valence-electron chi connectivity index (χ2n) is 4.90. The Morgan fingerprint density at radius 1 is 1.33 bits per heavy atom. The Labute approximate surface area is 108 Å². The number of nitrogens with one attached hydrogen (secondary N) is 2. The zero-order valence-electron chi connectivity index (χ0n) is 11.1. The van der Waals surface area contributed by atoms with Gasteiger partial charge in [-0.2, -0.15) is 0 Å². The van der Waals surface area contributed by atoms with E-state index in [1.165, 1.54) is 0 Å². The predicted molar refractivity (Wildman–Crippen MR) is 75.0 cm³/mol. The number of carbonyl (C=O) groups is 1. The van der Waals surface area contributed by atoms with Crippen molar-refractivity contribution >= 4 is 17.3 Å². The van der Waals surface area contributed by atoms with Crippen LogP contribution in [0.15, 0.2) is 24.3 Å². The number of para-hydroxylation sites is 2. The van der Waals surface area contributed by atoms with Crippen molar-refractivity contribution in [1.82, 2.24) is 5.32 Å². The molecule has 0 radical (unpaired) electrons. The SMILES string of the molecule is CN(C)c1ccccc1NC(=O)[C@@H]1CCCCN1. The molecule has 1 aromatic carbocycles. The first-order chi connectivity index (χ1) is 8.68. The van der Waals surface area contributed by atoms with E-state index in [1.54, 1.807) is 0 Å². The van der Waals surface area contributed by atoms with Gasteiger partial charge in [0.2, 0.25) is 5.91 Å². The molecule has 0 aliphatic carbocycles. The van der Waals surface area contributed by atoms with Crippen molar-refractivity contribution in [2.45, 2.75) is 25.3 Å². The van der Waals surface area contributed by atoms with Gasteiger partial charge in [-0.05, 0) is 31.5 Å². The number of rotatable bonds is 3. The fourth-order valence-corrected chi connectivity index (χ4v) is 2.26. The Bertz CT molecular complexity index is 411. The van der Waals surface area contributed by atoms with Gasteiger partial charge >= 0.3 is 0 Å². The summed E-state index contributed by atoms with van der Waals surface area (Å²) in [5.41, 5.74) is 1.90. The van der Waals surface area contributed by atoms with Crippen molar-refractivity contribution in [2.24, 2.45) is 0 Å². The summed E-state index contributed by atoms with van der Waals surface area (Å²) in [4.78, 5) is 14.2. The summed E-state index contributed by atoms with van der Waals surface area (Å²) in [6, 6.07) is 7.81. The molecule has 98 valence electrons. The molecule has 0 spiro atoms. The molecule has 4 nitrogen and oxygen atoms in total. The van der Waals surface area contributed by atoms with Gasteiger partial charge in [0.25, 0.3) is 0 Å². The smallest absolute Gasteiger partial charge is 0.241 e. The van der Waals surface area contributed by atoms with Crippen LogP contribution in [0.25, 0.3) is 0 Å². The van der Waals surface area contributed by atoms with Gasteiger partial charge in [-0.3, -0.25) is 4.79 Å². The fourth-order valence-electron chi connectivity index (χ4n) is 2.26. The van der Waals surface area contributed by atoms with Crippen LogP contribution in [0.5, 0.6) is 0 Å². The summed E-state index contributed by atoms with van der Waals surface area (Å²) >= 11 is 0. The first kappa shape index (κ1) is 12.9. The number of nitrogens with zero attached hydrogens (tertiary/aromatic N) is 1. The minimum absolute atomic E-state index is 0.0473. The molecule has 0 saturated carbocycles. The zero-order valence-corrected chi connectivity index (χ0v) is 11.1. The maximum absolute atomic E-state index is 12.2. The van der Waals surface area contributed by atoms with Gasteiger partial charge in [-0.15, -0.1) is 0 Å². The molecular weight excluding hydrogens is 226 g/mol. The monoisotopic (exact) mass is 247 g/mol. The zero-order chi connectivity index (χ0) is 13.0. The van der Waals surface area contributed by atoms with Gasteiger partial charge in [0, 0.05) is 14.1 Å². The van der Waals surface area contributed by atoms with Gasteiger partial charge in [-0.1, -0.05) is 18.6 Å². The van der Waals surface area contributed by atoms with Crippen LogP contribution in [0.1, 0.15) is 19.3 Å². The van der Waals surface area contributed by atoms with Crippen molar-refractivity contribution in [1.29, 1.82) is 0 Å². The number of benzene rings is 1. The highest BCUT2D eigenvalue weighted by molar-refractivity contribution is 5.97. The third-order valence-electron chi connectivity index (χ3n) is 3.27. The van der Waals surface area contributed by atoms with Crippen LogP contribution in [0, 0.1) is 0 Å². The van der Waals surface area contributed by atoms with Gasteiger partial charge in [-0.25, -0.2) is 0 Å². The van der Waals surface area contributed by atoms with Crippen molar-refractivity contribution < 1.29 is 4.79 Å². The number of carbonyl (C=O) groups excluding carboxylic acids is 1. The van der Waals surface area contributed by atoms with Crippen molar-refractivity contribution in [3.8, 4) is 0 Å². The van der Waals surface area contributed by atoms with E-state index in [-0.39, 0.29) is 11.9 Å². The maximum atomic E-state index is 12.2.